The zero-order valence-electron chi connectivity index (χ0n) is 14.8. The lowest BCUT2D eigenvalue weighted by atomic mass is 10.0. The number of benzene rings is 1. The van der Waals surface area contributed by atoms with Crippen molar-refractivity contribution in [3.05, 3.63) is 42.2 Å². The second kappa shape index (κ2) is 6.64. The lowest BCUT2D eigenvalue weighted by Gasteiger charge is -2.26. The van der Waals surface area contributed by atoms with Gasteiger partial charge in [0.1, 0.15) is 21.5 Å². The van der Waals surface area contributed by atoms with Crippen molar-refractivity contribution in [2.75, 3.05) is 17.3 Å². The molecule has 0 aliphatic rings. The molecule has 2 heterocycles. The Bertz CT molecular complexity index is 1050. The Kier molecular flexibility index (Phi) is 4.66. The summed E-state index contributed by atoms with van der Waals surface area (Å²) in [6.45, 7) is 3.79. The van der Waals surface area contributed by atoms with E-state index in [1.165, 1.54) is 16.8 Å². The molecule has 0 amide bonds. The van der Waals surface area contributed by atoms with Crippen molar-refractivity contribution in [3.8, 4) is 11.4 Å². The van der Waals surface area contributed by atoms with Gasteiger partial charge in [-0.05, 0) is 44.5 Å². The van der Waals surface area contributed by atoms with Gasteiger partial charge in [0, 0.05) is 11.8 Å². The van der Waals surface area contributed by atoms with Gasteiger partial charge < -0.3 is 5.32 Å². The van der Waals surface area contributed by atoms with E-state index in [1.54, 1.807) is 30.3 Å². The monoisotopic (exact) mass is 377 g/mol. The normalized spacial score (nSPS) is 12.5. The largest absolute Gasteiger partial charge is 0.364 e. The Balaban J connectivity index is 1.92. The van der Waals surface area contributed by atoms with Crippen molar-refractivity contribution in [2.24, 2.45) is 0 Å². The van der Waals surface area contributed by atoms with Gasteiger partial charge in [0.25, 0.3) is 0 Å². The second-order valence-corrected chi connectivity index (χ2v) is 9.14. The second-order valence-electron chi connectivity index (χ2n) is 6.88. The first-order valence-electron chi connectivity index (χ1n) is 8.08. The molecular weight excluding hydrogens is 357 g/mol. The standard InChI is InChI=1S/C17H20FN5O2S/c1-17(2,10-11-26(3,24)25)19-14-8-9-15-20-21-16(23(15)22-14)12-6-4-5-7-13(12)18/h4-9H,10-11H2,1-3H3,(H,19,22). The van der Waals surface area contributed by atoms with Crippen LogP contribution in [0.2, 0.25) is 0 Å². The van der Waals surface area contributed by atoms with Crippen LogP contribution in [0.15, 0.2) is 36.4 Å². The maximum atomic E-state index is 14.1. The van der Waals surface area contributed by atoms with Crippen molar-refractivity contribution in [3.63, 3.8) is 0 Å². The molecule has 0 fully saturated rings. The average Bonchev–Trinajstić information content (AvgIpc) is 2.96. The molecule has 2 aromatic heterocycles. The number of fused-ring (bicyclic) bond motifs is 1. The average molecular weight is 377 g/mol. The third-order valence-electron chi connectivity index (χ3n) is 3.94. The highest BCUT2D eigenvalue weighted by molar-refractivity contribution is 7.90. The zero-order chi connectivity index (χ0) is 18.9. The molecule has 0 saturated heterocycles. The molecule has 3 aromatic rings. The molecule has 26 heavy (non-hydrogen) atoms. The number of hydrogen-bond donors (Lipinski definition) is 1. The first-order chi connectivity index (χ1) is 12.1. The number of sulfone groups is 1. The molecule has 0 aliphatic carbocycles. The molecule has 0 spiro atoms. The van der Waals surface area contributed by atoms with Crippen molar-refractivity contribution in [1.29, 1.82) is 0 Å². The lowest BCUT2D eigenvalue weighted by Crippen LogP contribution is -2.33. The van der Waals surface area contributed by atoms with E-state index in [2.05, 4.69) is 20.6 Å². The number of rotatable bonds is 6. The van der Waals surface area contributed by atoms with Crippen LogP contribution >= 0.6 is 0 Å². The minimum absolute atomic E-state index is 0.0718. The fourth-order valence-electron chi connectivity index (χ4n) is 2.52. The number of nitrogens with zero attached hydrogens (tertiary/aromatic N) is 4. The minimum Gasteiger partial charge on any atom is -0.364 e. The zero-order valence-corrected chi connectivity index (χ0v) is 15.6. The van der Waals surface area contributed by atoms with Crippen LogP contribution in [-0.2, 0) is 9.84 Å². The van der Waals surface area contributed by atoms with Crippen LogP contribution in [0.3, 0.4) is 0 Å². The van der Waals surface area contributed by atoms with Crippen LogP contribution in [0.5, 0.6) is 0 Å². The SMILES string of the molecule is CC(C)(CCS(C)(=O)=O)Nc1ccc2nnc(-c3ccccc3F)n2n1. The Morgan fingerprint density at radius 3 is 2.58 bits per heavy atom. The van der Waals surface area contributed by atoms with Gasteiger partial charge in [-0.25, -0.2) is 12.8 Å². The van der Waals surface area contributed by atoms with Crippen molar-refractivity contribution < 1.29 is 12.8 Å². The predicted molar refractivity (Wildman–Crippen MR) is 98.2 cm³/mol. The van der Waals surface area contributed by atoms with E-state index < -0.39 is 21.2 Å². The summed E-state index contributed by atoms with van der Waals surface area (Å²) in [7, 11) is -3.05. The molecule has 1 aromatic carbocycles. The quantitative estimate of drug-likeness (QED) is 0.710. The van der Waals surface area contributed by atoms with Gasteiger partial charge in [0.2, 0.25) is 0 Å². The summed E-state index contributed by atoms with van der Waals surface area (Å²) in [4.78, 5) is 0. The number of anilines is 1. The molecule has 3 rings (SSSR count). The fourth-order valence-corrected chi connectivity index (χ4v) is 3.40. The van der Waals surface area contributed by atoms with Crippen LogP contribution in [0.25, 0.3) is 17.0 Å². The summed E-state index contributed by atoms with van der Waals surface area (Å²) < 4.78 is 38.4. The number of nitrogens with one attached hydrogen (secondary N) is 1. The third-order valence-corrected chi connectivity index (χ3v) is 4.89. The van der Waals surface area contributed by atoms with Crippen LogP contribution in [0.4, 0.5) is 10.2 Å². The van der Waals surface area contributed by atoms with Gasteiger partial charge in [0.15, 0.2) is 11.5 Å². The van der Waals surface area contributed by atoms with E-state index >= 15 is 0 Å². The molecule has 0 bridgehead atoms. The minimum atomic E-state index is -3.05. The summed E-state index contributed by atoms with van der Waals surface area (Å²) in [6.07, 6.45) is 1.64. The van der Waals surface area contributed by atoms with E-state index in [0.29, 0.717) is 29.3 Å². The molecule has 7 nitrogen and oxygen atoms in total. The highest BCUT2D eigenvalue weighted by Gasteiger charge is 2.21. The maximum absolute atomic E-state index is 14.1. The first kappa shape index (κ1) is 18.2. The van der Waals surface area contributed by atoms with Crippen LogP contribution < -0.4 is 5.32 Å². The van der Waals surface area contributed by atoms with Gasteiger partial charge >= 0.3 is 0 Å². The molecule has 0 saturated carbocycles. The van der Waals surface area contributed by atoms with Crippen LogP contribution in [0, 0.1) is 5.82 Å². The van der Waals surface area contributed by atoms with Gasteiger partial charge in [0.05, 0.1) is 11.3 Å². The van der Waals surface area contributed by atoms with E-state index in [9.17, 15) is 12.8 Å². The summed E-state index contributed by atoms with van der Waals surface area (Å²) >= 11 is 0. The molecule has 9 heteroatoms. The summed E-state index contributed by atoms with van der Waals surface area (Å²) in [5.74, 6) is 0.488. The summed E-state index contributed by atoms with van der Waals surface area (Å²) in [5, 5.41) is 15.7. The van der Waals surface area contributed by atoms with Crippen LogP contribution in [0.1, 0.15) is 20.3 Å². The van der Waals surface area contributed by atoms with Gasteiger partial charge in [-0.15, -0.1) is 15.3 Å². The van der Waals surface area contributed by atoms with E-state index in [-0.39, 0.29) is 5.75 Å². The van der Waals surface area contributed by atoms with Crippen molar-refractivity contribution >= 4 is 21.3 Å². The number of halogens is 1. The van der Waals surface area contributed by atoms with Crippen molar-refractivity contribution in [1.82, 2.24) is 19.8 Å². The topological polar surface area (TPSA) is 89.2 Å². The molecule has 0 radical (unpaired) electrons. The Morgan fingerprint density at radius 2 is 1.88 bits per heavy atom. The Morgan fingerprint density at radius 1 is 1.15 bits per heavy atom. The van der Waals surface area contributed by atoms with Gasteiger partial charge in [-0.2, -0.15) is 4.52 Å². The van der Waals surface area contributed by atoms with E-state index in [1.807, 2.05) is 13.8 Å². The van der Waals surface area contributed by atoms with Gasteiger partial charge in [-0.1, -0.05) is 12.1 Å². The Labute approximate surface area is 151 Å². The maximum Gasteiger partial charge on any atom is 0.188 e. The first-order valence-corrected chi connectivity index (χ1v) is 10.1. The fraction of sp³-hybridized carbons (Fsp3) is 0.353. The van der Waals surface area contributed by atoms with Gasteiger partial charge in [-0.3, -0.25) is 0 Å². The molecular formula is C17H20FN5O2S. The smallest absolute Gasteiger partial charge is 0.188 e. The van der Waals surface area contributed by atoms with Crippen molar-refractivity contribution in [2.45, 2.75) is 25.8 Å². The van der Waals surface area contributed by atoms with E-state index in [0.717, 1.165) is 0 Å². The summed E-state index contributed by atoms with van der Waals surface area (Å²) in [5.41, 5.74) is 0.305. The predicted octanol–water partition coefficient (Wildman–Crippen LogP) is 2.56. The number of hydrogen-bond acceptors (Lipinski definition) is 6. The molecule has 138 valence electrons. The lowest BCUT2D eigenvalue weighted by molar-refractivity contribution is 0.532. The van der Waals surface area contributed by atoms with Crippen LogP contribution in [-0.4, -0.2) is 45.8 Å². The Hall–Kier alpha value is -2.55. The van der Waals surface area contributed by atoms with E-state index in [4.69, 9.17) is 0 Å². The molecule has 0 unspecified atom stereocenters. The molecule has 0 aliphatic heterocycles. The molecule has 1 N–H and O–H groups in total. The molecule has 0 atom stereocenters. The highest BCUT2D eigenvalue weighted by Crippen LogP contribution is 2.22. The third kappa shape index (κ3) is 4.16. The summed E-state index contributed by atoms with van der Waals surface area (Å²) in [6, 6.07) is 9.75. The highest BCUT2D eigenvalue weighted by atomic mass is 32.2. The number of aromatic nitrogens is 4.